The summed E-state index contributed by atoms with van der Waals surface area (Å²) >= 11 is 1.24. The van der Waals surface area contributed by atoms with Crippen LogP contribution in [0.5, 0.6) is 0 Å². The van der Waals surface area contributed by atoms with Crippen molar-refractivity contribution in [2.45, 2.75) is 5.37 Å². The zero-order valence-corrected chi connectivity index (χ0v) is 12.9. The Morgan fingerprint density at radius 2 is 2.32 bits per heavy atom. The van der Waals surface area contributed by atoms with Crippen molar-refractivity contribution in [3.05, 3.63) is 22.5 Å². The molecule has 1 atom stereocenters. The van der Waals surface area contributed by atoms with Gasteiger partial charge in [0.1, 0.15) is 5.37 Å². The number of aryl methyl sites for hydroxylation is 1. The Morgan fingerprint density at radius 1 is 1.58 bits per heavy atom. The molecule has 0 N–H and O–H groups in total. The van der Waals surface area contributed by atoms with Crippen molar-refractivity contribution in [1.29, 1.82) is 0 Å². The molecule has 10 heteroatoms. The molecule has 0 aliphatic carbocycles. The number of tetrazole rings is 1. The molecule has 1 amide bonds. The van der Waals surface area contributed by atoms with Crippen molar-refractivity contribution >= 4 is 29.7 Å². The second-order valence-electron chi connectivity index (χ2n) is 3.69. The summed E-state index contributed by atoms with van der Waals surface area (Å²) in [5.41, 5.74) is 0.361. The van der Waals surface area contributed by atoms with Crippen LogP contribution in [-0.4, -0.2) is 42.4 Å². The molecule has 0 aromatic carbocycles. The fraction of sp³-hybridized carbons (Fsp3) is 0.222. The van der Waals surface area contributed by atoms with Gasteiger partial charge >= 0.3 is 29.6 Å². The quantitative estimate of drug-likeness (QED) is 0.305. The van der Waals surface area contributed by atoms with Crippen molar-refractivity contribution in [2.24, 2.45) is 7.05 Å². The zero-order chi connectivity index (χ0) is 12.9. The number of β-lactam (4-membered cyclic amide) rings is 1. The molecule has 1 fully saturated rings. The number of hydrogen-bond acceptors (Lipinski definition) is 7. The van der Waals surface area contributed by atoms with Gasteiger partial charge in [-0.05, 0) is 16.7 Å². The molecule has 0 unspecified atom stereocenters. The largest absolute Gasteiger partial charge is 1.00 e. The number of thioether (sulfide) groups is 1. The molecule has 3 heterocycles. The number of aliphatic carboxylic acids is 1. The predicted octanol–water partition coefficient (Wildman–Crippen LogP) is -4.90. The third kappa shape index (κ3) is 2.22. The van der Waals surface area contributed by atoms with Gasteiger partial charge in [-0.25, -0.2) is 0 Å². The van der Waals surface area contributed by atoms with Gasteiger partial charge in [-0.1, -0.05) is 0 Å². The standard InChI is InChI=1S/C9H7N5O3S.Na/c1-13-11-6(10-12-13)2-4-7(15)14-5(9(16)17)3-18-8(4)14;/h2-3,8H,1H3,(H,16,17);/q;+1/p-1/b4-2+;/t8-;/m1./s1. The van der Waals surface area contributed by atoms with E-state index in [0.29, 0.717) is 11.4 Å². The van der Waals surface area contributed by atoms with E-state index < -0.39 is 5.97 Å². The Labute approximate surface area is 133 Å². The third-order valence-electron chi connectivity index (χ3n) is 2.55. The predicted molar refractivity (Wildman–Crippen MR) is 58.1 cm³/mol. The van der Waals surface area contributed by atoms with Crippen LogP contribution in [0.4, 0.5) is 0 Å². The number of aromatic nitrogens is 4. The van der Waals surface area contributed by atoms with Crippen LogP contribution in [0.3, 0.4) is 0 Å². The maximum absolute atomic E-state index is 11.8. The van der Waals surface area contributed by atoms with E-state index in [2.05, 4.69) is 15.4 Å². The van der Waals surface area contributed by atoms with Crippen LogP contribution in [-0.2, 0) is 16.6 Å². The summed E-state index contributed by atoms with van der Waals surface area (Å²) in [5, 5.41) is 23.2. The second kappa shape index (κ2) is 5.08. The molecule has 1 saturated heterocycles. The van der Waals surface area contributed by atoms with E-state index in [9.17, 15) is 14.7 Å². The van der Waals surface area contributed by atoms with Crippen LogP contribution >= 0.6 is 11.8 Å². The van der Waals surface area contributed by atoms with E-state index in [4.69, 9.17) is 0 Å². The van der Waals surface area contributed by atoms with Gasteiger partial charge < -0.3 is 9.90 Å². The molecule has 3 rings (SSSR count). The number of rotatable bonds is 2. The summed E-state index contributed by atoms with van der Waals surface area (Å²) in [6.07, 6.45) is 1.51. The third-order valence-corrected chi connectivity index (χ3v) is 3.63. The van der Waals surface area contributed by atoms with Gasteiger partial charge in [0.25, 0.3) is 5.91 Å². The zero-order valence-electron chi connectivity index (χ0n) is 10.1. The first-order chi connectivity index (χ1) is 8.58. The van der Waals surface area contributed by atoms with E-state index in [1.54, 1.807) is 7.05 Å². The number of fused-ring (bicyclic) bond motifs is 1. The molecular formula is C9H6N5NaO3S. The van der Waals surface area contributed by atoms with E-state index >= 15 is 0 Å². The monoisotopic (exact) mass is 287 g/mol. The summed E-state index contributed by atoms with van der Waals surface area (Å²) in [6, 6.07) is 0. The average Bonchev–Trinajstić information content (AvgIpc) is 2.89. The average molecular weight is 287 g/mol. The minimum absolute atomic E-state index is 0. The Kier molecular flexibility index (Phi) is 3.81. The maximum atomic E-state index is 11.8. The van der Waals surface area contributed by atoms with Crippen LogP contribution in [0.25, 0.3) is 6.08 Å². The summed E-state index contributed by atoms with van der Waals surface area (Å²) in [5.74, 6) is -1.40. The SMILES string of the molecule is Cn1nnc(/C=C2\C(=O)N3C(C(=O)[O-])=CS[C@H]23)n1.[Na+]. The molecule has 1 aromatic heterocycles. The summed E-state index contributed by atoms with van der Waals surface area (Å²) in [4.78, 5) is 25.0. The van der Waals surface area contributed by atoms with Crippen molar-refractivity contribution in [2.75, 3.05) is 0 Å². The van der Waals surface area contributed by atoms with Gasteiger partial charge in [-0.15, -0.1) is 22.0 Å². The molecule has 0 bridgehead atoms. The Bertz CT molecular complexity index is 625. The molecule has 0 saturated carbocycles. The van der Waals surface area contributed by atoms with Crippen LogP contribution in [0.15, 0.2) is 16.7 Å². The van der Waals surface area contributed by atoms with Crippen LogP contribution in [0, 0.1) is 0 Å². The van der Waals surface area contributed by atoms with Gasteiger partial charge in [0.15, 0.2) is 5.82 Å². The maximum Gasteiger partial charge on any atom is 1.00 e. The van der Waals surface area contributed by atoms with Gasteiger partial charge in [0.2, 0.25) is 0 Å². The molecule has 19 heavy (non-hydrogen) atoms. The number of carboxylic acids is 1. The number of amides is 1. The topological polar surface area (TPSA) is 104 Å². The molecule has 92 valence electrons. The van der Waals surface area contributed by atoms with Gasteiger partial charge in [-0.2, -0.15) is 4.80 Å². The van der Waals surface area contributed by atoms with Crippen LogP contribution < -0.4 is 34.7 Å². The number of nitrogens with zero attached hydrogens (tertiary/aromatic N) is 5. The smallest absolute Gasteiger partial charge is 0.543 e. The molecular weight excluding hydrogens is 281 g/mol. The molecule has 8 nitrogen and oxygen atoms in total. The Hall–Kier alpha value is -1.16. The molecule has 2 aliphatic rings. The van der Waals surface area contributed by atoms with Crippen molar-refractivity contribution in [1.82, 2.24) is 25.1 Å². The summed E-state index contributed by atoms with van der Waals surface area (Å²) < 4.78 is 0. The number of carbonyl (C=O) groups excluding carboxylic acids is 2. The molecule has 2 aliphatic heterocycles. The van der Waals surface area contributed by atoms with Crippen LogP contribution in [0.2, 0.25) is 0 Å². The summed E-state index contributed by atoms with van der Waals surface area (Å²) in [6.45, 7) is 0. The van der Waals surface area contributed by atoms with E-state index in [1.807, 2.05) is 0 Å². The minimum Gasteiger partial charge on any atom is -0.543 e. The first kappa shape index (κ1) is 14.3. The molecule has 0 radical (unpaired) electrons. The fourth-order valence-electron chi connectivity index (χ4n) is 1.75. The van der Waals surface area contributed by atoms with Gasteiger partial charge in [-0.3, -0.25) is 9.69 Å². The van der Waals surface area contributed by atoms with Crippen molar-refractivity contribution in [3.8, 4) is 0 Å². The van der Waals surface area contributed by atoms with Crippen molar-refractivity contribution in [3.63, 3.8) is 0 Å². The fourth-order valence-corrected chi connectivity index (χ4v) is 2.87. The normalized spacial score (nSPS) is 22.7. The van der Waals surface area contributed by atoms with Crippen molar-refractivity contribution < 1.29 is 44.3 Å². The Balaban J connectivity index is 0.00000133. The number of carbonyl (C=O) groups is 2. The Morgan fingerprint density at radius 3 is 2.89 bits per heavy atom. The minimum atomic E-state index is -1.35. The first-order valence-corrected chi connectivity index (χ1v) is 5.88. The molecule has 0 spiro atoms. The first-order valence-electron chi connectivity index (χ1n) is 4.94. The summed E-state index contributed by atoms with van der Waals surface area (Å²) in [7, 11) is 1.62. The van der Waals surface area contributed by atoms with E-state index in [0.717, 1.165) is 0 Å². The second-order valence-corrected chi connectivity index (χ2v) is 4.65. The van der Waals surface area contributed by atoms with E-state index in [-0.39, 0.29) is 46.5 Å². The van der Waals surface area contributed by atoms with Gasteiger partial charge in [0.05, 0.1) is 24.3 Å². The van der Waals surface area contributed by atoms with Crippen LogP contribution in [0.1, 0.15) is 5.82 Å². The number of carboxylic acid groups (broad SMARTS) is 1. The molecule has 1 aromatic rings. The van der Waals surface area contributed by atoms with E-state index in [1.165, 1.54) is 32.9 Å². The number of hydrogen-bond donors (Lipinski definition) is 0. The van der Waals surface area contributed by atoms with Gasteiger partial charge in [0, 0.05) is 0 Å².